The molecule has 3 N–H and O–H groups in total. The lowest BCUT2D eigenvalue weighted by molar-refractivity contribution is 0.683. The van der Waals surface area contributed by atoms with Gasteiger partial charge in [-0.15, -0.1) is 0 Å². The van der Waals surface area contributed by atoms with Crippen molar-refractivity contribution in [1.29, 1.82) is 0 Å². The largest absolute Gasteiger partial charge is 0.368 e. The van der Waals surface area contributed by atoms with E-state index in [0.717, 1.165) is 13.0 Å². The second-order valence-corrected chi connectivity index (χ2v) is 3.55. The van der Waals surface area contributed by atoms with Gasteiger partial charge in [-0.2, -0.15) is 15.0 Å². The number of aromatic nitrogens is 3. The summed E-state index contributed by atoms with van der Waals surface area (Å²) in [6.45, 7) is 4.90. The Morgan fingerprint density at radius 1 is 1.13 bits per heavy atom. The first-order valence-corrected chi connectivity index (χ1v) is 5.44. The van der Waals surface area contributed by atoms with Crippen molar-refractivity contribution in [1.82, 2.24) is 15.0 Å². The van der Waals surface area contributed by atoms with Gasteiger partial charge in [0.25, 0.3) is 0 Å². The minimum absolute atomic E-state index is 0.276. The molecule has 1 aromatic rings. The summed E-state index contributed by atoms with van der Waals surface area (Å²) in [6, 6.07) is 0. The van der Waals surface area contributed by atoms with Crippen LogP contribution in [-0.2, 0) is 0 Å². The molecule has 15 heavy (non-hydrogen) atoms. The van der Waals surface area contributed by atoms with Gasteiger partial charge in [0, 0.05) is 6.54 Å². The molecule has 0 saturated carbocycles. The Morgan fingerprint density at radius 3 is 2.60 bits per heavy atom. The fraction of sp³-hybridized carbons (Fsp3) is 0.700. The lowest BCUT2D eigenvalue weighted by atomic mass is 10.2. The van der Waals surface area contributed by atoms with Crippen LogP contribution in [0.2, 0.25) is 0 Å². The number of anilines is 2. The van der Waals surface area contributed by atoms with Crippen molar-refractivity contribution in [3.8, 4) is 0 Å². The lowest BCUT2D eigenvalue weighted by Crippen LogP contribution is -2.09. The van der Waals surface area contributed by atoms with E-state index < -0.39 is 0 Å². The van der Waals surface area contributed by atoms with Crippen molar-refractivity contribution in [3.63, 3.8) is 0 Å². The van der Waals surface area contributed by atoms with E-state index in [-0.39, 0.29) is 5.95 Å². The van der Waals surface area contributed by atoms with Gasteiger partial charge < -0.3 is 11.1 Å². The van der Waals surface area contributed by atoms with Crippen LogP contribution in [0.1, 0.15) is 38.4 Å². The van der Waals surface area contributed by atoms with Crippen LogP contribution in [0.15, 0.2) is 0 Å². The highest BCUT2D eigenvalue weighted by Crippen LogP contribution is 2.03. The Hall–Kier alpha value is -1.39. The number of nitrogen functional groups attached to an aromatic ring is 1. The molecule has 0 saturated heterocycles. The van der Waals surface area contributed by atoms with Crippen molar-refractivity contribution in [2.75, 3.05) is 17.6 Å². The molecule has 0 bridgehead atoms. The minimum Gasteiger partial charge on any atom is -0.368 e. The van der Waals surface area contributed by atoms with E-state index in [1.54, 1.807) is 6.92 Å². The molecule has 0 unspecified atom stereocenters. The van der Waals surface area contributed by atoms with Crippen LogP contribution in [0.5, 0.6) is 0 Å². The molecule has 5 heteroatoms. The average molecular weight is 209 g/mol. The van der Waals surface area contributed by atoms with Gasteiger partial charge in [-0.3, -0.25) is 0 Å². The SMILES string of the molecule is CCCCCCNc1nc(C)nc(N)n1. The third kappa shape index (κ3) is 4.58. The third-order valence-electron chi connectivity index (χ3n) is 2.08. The predicted octanol–water partition coefficient (Wildman–Crippen LogP) is 1.75. The maximum Gasteiger partial charge on any atom is 0.227 e. The Balaban J connectivity index is 2.31. The number of aryl methyl sites for hydroxylation is 1. The maximum atomic E-state index is 5.51. The van der Waals surface area contributed by atoms with E-state index in [4.69, 9.17) is 5.73 Å². The molecule has 0 radical (unpaired) electrons. The molecule has 0 aliphatic rings. The summed E-state index contributed by atoms with van der Waals surface area (Å²) in [5, 5.41) is 3.14. The summed E-state index contributed by atoms with van der Waals surface area (Å²) >= 11 is 0. The first-order valence-electron chi connectivity index (χ1n) is 5.44. The minimum atomic E-state index is 0.276. The molecule has 0 aliphatic heterocycles. The number of unbranched alkanes of at least 4 members (excludes halogenated alkanes) is 3. The lowest BCUT2D eigenvalue weighted by Gasteiger charge is -2.05. The Labute approximate surface area is 90.5 Å². The summed E-state index contributed by atoms with van der Waals surface area (Å²) < 4.78 is 0. The highest BCUT2D eigenvalue weighted by molar-refractivity contribution is 5.30. The van der Waals surface area contributed by atoms with Gasteiger partial charge in [0.1, 0.15) is 5.82 Å². The third-order valence-corrected chi connectivity index (χ3v) is 2.08. The van der Waals surface area contributed by atoms with Crippen molar-refractivity contribution in [2.24, 2.45) is 0 Å². The number of nitrogens with two attached hydrogens (primary N) is 1. The van der Waals surface area contributed by atoms with Gasteiger partial charge in [0.05, 0.1) is 0 Å². The van der Waals surface area contributed by atoms with Crippen LogP contribution in [0.4, 0.5) is 11.9 Å². The van der Waals surface area contributed by atoms with Crippen LogP contribution in [-0.4, -0.2) is 21.5 Å². The quantitative estimate of drug-likeness (QED) is 0.698. The molecular weight excluding hydrogens is 190 g/mol. The molecule has 0 atom stereocenters. The number of nitrogens with zero attached hydrogens (tertiary/aromatic N) is 3. The van der Waals surface area contributed by atoms with Crippen LogP contribution in [0.25, 0.3) is 0 Å². The second-order valence-electron chi connectivity index (χ2n) is 3.55. The van der Waals surface area contributed by atoms with Crippen molar-refractivity contribution < 1.29 is 0 Å². The molecule has 0 fully saturated rings. The number of nitrogens with one attached hydrogen (secondary N) is 1. The normalized spacial score (nSPS) is 10.3. The van der Waals surface area contributed by atoms with Crippen molar-refractivity contribution in [3.05, 3.63) is 5.82 Å². The Morgan fingerprint density at radius 2 is 1.93 bits per heavy atom. The van der Waals surface area contributed by atoms with Crippen molar-refractivity contribution >= 4 is 11.9 Å². The zero-order valence-corrected chi connectivity index (χ0v) is 9.45. The predicted molar refractivity (Wildman–Crippen MR) is 61.6 cm³/mol. The molecule has 0 aromatic carbocycles. The van der Waals surface area contributed by atoms with Crippen LogP contribution >= 0.6 is 0 Å². The van der Waals surface area contributed by atoms with E-state index in [1.807, 2.05) is 0 Å². The summed E-state index contributed by atoms with van der Waals surface area (Å²) in [6.07, 6.45) is 4.90. The zero-order valence-electron chi connectivity index (χ0n) is 9.45. The fourth-order valence-corrected chi connectivity index (χ4v) is 1.33. The highest BCUT2D eigenvalue weighted by Gasteiger charge is 1.99. The molecule has 0 aliphatic carbocycles. The van der Waals surface area contributed by atoms with Crippen LogP contribution in [0, 0.1) is 6.92 Å². The van der Waals surface area contributed by atoms with Gasteiger partial charge in [-0.1, -0.05) is 26.2 Å². The van der Waals surface area contributed by atoms with E-state index in [0.29, 0.717) is 11.8 Å². The first kappa shape index (κ1) is 11.7. The van der Waals surface area contributed by atoms with Gasteiger partial charge in [0.2, 0.25) is 11.9 Å². The van der Waals surface area contributed by atoms with Gasteiger partial charge in [-0.05, 0) is 13.3 Å². The average Bonchev–Trinajstić information content (AvgIpc) is 2.16. The smallest absolute Gasteiger partial charge is 0.227 e. The fourth-order valence-electron chi connectivity index (χ4n) is 1.33. The molecule has 0 amide bonds. The summed E-state index contributed by atoms with van der Waals surface area (Å²) in [4.78, 5) is 12.0. The maximum absolute atomic E-state index is 5.51. The molecule has 84 valence electrons. The van der Waals surface area contributed by atoms with E-state index in [2.05, 4.69) is 27.2 Å². The Kier molecular flexibility index (Phi) is 4.80. The summed E-state index contributed by atoms with van der Waals surface area (Å²) in [5.41, 5.74) is 5.51. The van der Waals surface area contributed by atoms with Crippen molar-refractivity contribution in [2.45, 2.75) is 39.5 Å². The number of hydrogen-bond donors (Lipinski definition) is 2. The number of hydrogen-bond acceptors (Lipinski definition) is 5. The summed E-state index contributed by atoms with van der Waals surface area (Å²) in [5.74, 6) is 1.51. The molecule has 1 rings (SSSR count). The highest BCUT2D eigenvalue weighted by atomic mass is 15.2. The van der Waals surface area contributed by atoms with E-state index in [1.165, 1.54) is 19.3 Å². The molecular formula is C10H19N5. The van der Waals surface area contributed by atoms with Gasteiger partial charge in [-0.25, -0.2) is 0 Å². The van der Waals surface area contributed by atoms with Crippen LogP contribution in [0.3, 0.4) is 0 Å². The standard InChI is InChI=1S/C10H19N5/c1-3-4-5-6-7-12-10-14-8(2)13-9(11)15-10/h3-7H2,1-2H3,(H3,11,12,13,14,15). The molecule has 1 heterocycles. The van der Waals surface area contributed by atoms with E-state index >= 15 is 0 Å². The van der Waals surface area contributed by atoms with E-state index in [9.17, 15) is 0 Å². The monoisotopic (exact) mass is 209 g/mol. The number of rotatable bonds is 6. The first-order chi connectivity index (χ1) is 7.22. The topological polar surface area (TPSA) is 76.7 Å². The van der Waals surface area contributed by atoms with Gasteiger partial charge >= 0.3 is 0 Å². The molecule has 5 nitrogen and oxygen atoms in total. The molecule has 1 aromatic heterocycles. The molecule has 0 spiro atoms. The zero-order chi connectivity index (χ0) is 11.1. The second kappa shape index (κ2) is 6.16. The Bertz CT molecular complexity index is 280. The van der Waals surface area contributed by atoms with Crippen LogP contribution < -0.4 is 11.1 Å². The van der Waals surface area contributed by atoms with Gasteiger partial charge in [0.15, 0.2) is 0 Å². The summed E-state index contributed by atoms with van der Waals surface area (Å²) in [7, 11) is 0.